The first-order chi connectivity index (χ1) is 8.56. The zero-order valence-corrected chi connectivity index (χ0v) is 11.1. The van der Waals surface area contributed by atoms with Crippen LogP contribution in [0.25, 0.3) is 0 Å². The van der Waals surface area contributed by atoms with Crippen molar-refractivity contribution in [2.75, 3.05) is 14.1 Å². The molecule has 1 aliphatic carbocycles. The van der Waals surface area contributed by atoms with E-state index in [4.69, 9.17) is 0 Å². The van der Waals surface area contributed by atoms with Crippen LogP contribution in [-0.4, -0.2) is 40.0 Å². The number of allylic oxidation sites excluding steroid dienone is 5. The van der Waals surface area contributed by atoms with E-state index >= 15 is 0 Å². The number of hydrogen-bond acceptors (Lipinski definition) is 4. The Bertz CT molecular complexity index is 558. The first-order valence-electron chi connectivity index (χ1n) is 5.75. The van der Waals surface area contributed by atoms with Crippen molar-refractivity contribution in [3.05, 3.63) is 41.4 Å². The predicted molar refractivity (Wildman–Crippen MR) is 72.9 cm³/mol. The molecule has 1 heterocycles. The second-order valence-corrected chi connectivity index (χ2v) is 4.37. The summed E-state index contributed by atoms with van der Waals surface area (Å²) < 4.78 is 1.67. The summed E-state index contributed by atoms with van der Waals surface area (Å²) in [6.45, 7) is 1.85. The van der Waals surface area contributed by atoms with Crippen LogP contribution in [0.15, 0.2) is 40.6 Å². The van der Waals surface area contributed by atoms with E-state index in [1.54, 1.807) is 4.68 Å². The number of aryl methyl sites for hydroxylation is 2. The topological polar surface area (TPSA) is 46.3 Å². The van der Waals surface area contributed by atoms with Crippen LogP contribution in [0.2, 0.25) is 0 Å². The van der Waals surface area contributed by atoms with Crippen LogP contribution in [0.3, 0.4) is 0 Å². The molecule has 2 rings (SSSR count). The van der Waals surface area contributed by atoms with Crippen LogP contribution in [0.1, 0.15) is 5.82 Å². The maximum absolute atomic E-state index is 4.36. The lowest BCUT2D eigenvalue weighted by Gasteiger charge is -2.06. The van der Waals surface area contributed by atoms with Gasteiger partial charge < -0.3 is 4.90 Å². The van der Waals surface area contributed by atoms with Gasteiger partial charge >= 0.3 is 0 Å². The molecule has 5 nitrogen and oxygen atoms in total. The number of rotatable bonds is 3. The second kappa shape index (κ2) is 5.00. The molecule has 0 aliphatic heterocycles. The third-order valence-electron chi connectivity index (χ3n) is 2.45. The molecule has 0 N–H and O–H groups in total. The number of nitrogens with zero attached hydrogens (tertiary/aromatic N) is 5. The molecule has 94 valence electrons. The lowest BCUT2D eigenvalue weighted by atomic mass is 10.1. The summed E-state index contributed by atoms with van der Waals surface area (Å²) in [7, 11) is 5.84. The largest absolute Gasteiger partial charge is 0.383 e. The Morgan fingerprint density at radius 2 is 2.17 bits per heavy atom. The van der Waals surface area contributed by atoms with Crippen LogP contribution < -0.4 is 0 Å². The van der Waals surface area contributed by atoms with Gasteiger partial charge in [0, 0.05) is 39.1 Å². The molecule has 0 fully saturated rings. The lowest BCUT2D eigenvalue weighted by molar-refractivity contribution is 0.561. The van der Waals surface area contributed by atoms with Gasteiger partial charge in [0.05, 0.1) is 0 Å². The smallest absolute Gasteiger partial charge is 0.247 e. The normalized spacial score (nSPS) is 16.9. The van der Waals surface area contributed by atoms with Crippen molar-refractivity contribution in [1.82, 2.24) is 19.7 Å². The van der Waals surface area contributed by atoms with Gasteiger partial charge in [0.25, 0.3) is 0 Å². The van der Waals surface area contributed by atoms with Crippen molar-refractivity contribution in [3.8, 4) is 0 Å². The second-order valence-electron chi connectivity index (χ2n) is 4.37. The standard InChI is InChI=1S/C13H17N5/c1-10-15-13(18(4)16-10)14-8-11-6-5-7-12(11)9-17(2)3/h5-9H,1-4H3/b12-9-,14-8+. The van der Waals surface area contributed by atoms with E-state index < -0.39 is 0 Å². The Labute approximate surface area is 107 Å². The summed E-state index contributed by atoms with van der Waals surface area (Å²) in [4.78, 5) is 10.6. The highest BCUT2D eigenvalue weighted by atomic mass is 15.4. The van der Waals surface area contributed by atoms with Gasteiger partial charge in [-0.1, -0.05) is 18.2 Å². The van der Waals surface area contributed by atoms with Gasteiger partial charge in [-0.15, -0.1) is 0 Å². The molecule has 18 heavy (non-hydrogen) atoms. The molecular formula is C13H17N5. The minimum Gasteiger partial charge on any atom is -0.383 e. The fraction of sp³-hybridized carbons (Fsp3) is 0.308. The molecule has 0 saturated carbocycles. The average Bonchev–Trinajstić information content (AvgIpc) is 2.82. The lowest BCUT2D eigenvalue weighted by Crippen LogP contribution is -2.03. The monoisotopic (exact) mass is 243 g/mol. The van der Waals surface area contributed by atoms with E-state index in [1.165, 1.54) is 0 Å². The van der Waals surface area contributed by atoms with Gasteiger partial charge in [-0.2, -0.15) is 10.1 Å². The summed E-state index contributed by atoms with van der Waals surface area (Å²) in [5, 5.41) is 4.16. The van der Waals surface area contributed by atoms with E-state index in [-0.39, 0.29) is 0 Å². The van der Waals surface area contributed by atoms with E-state index in [9.17, 15) is 0 Å². The van der Waals surface area contributed by atoms with E-state index in [2.05, 4.69) is 27.4 Å². The molecule has 0 amide bonds. The van der Waals surface area contributed by atoms with Crippen LogP contribution in [0, 0.1) is 6.92 Å². The van der Waals surface area contributed by atoms with Crippen LogP contribution >= 0.6 is 0 Å². The Morgan fingerprint density at radius 1 is 1.39 bits per heavy atom. The maximum Gasteiger partial charge on any atom is 0.247 e. The number of hydrogen-bond donors (Lipinski definition) is 0. The van der Waals surface area contributed by atoms with Crippen molar-refractivity contribution in [2.24, 2.45) is 12.0 Å². The highest BCUT2D eigenvalue weighted by Gasteiger charge is 2.06. The summed E-state index contributed by atoms with van der Waals surface area (Å²) in [5.41, 5.74) is 2.21. The zero-order valence-electron chi connectivity index (χ0n) is 11.1. The highest BCUT2D eigenvalue weighted by molar-refractivity contribution is 5.89. The summed E-state index contributed by atoms with van der Waals surface area (Å²) in [6, 6.07) is 0. The average molecular weight is 243 g/mol. The van der Waals surface area contributed by atoms with Crippen molar-refractivity contribution >= 4 is 12.2 Å². The molecule has 0 radical (unpaired) electrons. The maximum atomic E-state index is 4.36. The number of aromatic nitrogens is 3. The van der Waals surface area contributed by atoms with Gasteiger partial charge in [-0.05, 0) is 12.5 Å². The molecule has 0 spiro atoms. The third kappa shape index (κ3) is 2.74. The van der Waals surface area contributed by atoms with Crippen molar-refractivity contribution in [1.29, 1.82) is 0 Å². The van der Waals surface area contributed by atoms with Crippen LogP contribution in [0.4, 0.5) is 5.95 Å². The fourth-order valence-corrected chi connectivity index (χ4v) is 1.70. The quantitative estimate of drug-likeness (QED) is 0.760. The minimum atomic E-state index is 0.615. The summed E-state index contributed by atoms with van der Waals surface area (Å²) in [5.74, 6) is 1.34. The molecule has 1 aliphatic rings. The summed E-state index contributed by atoms with van der Waals surface area (Å²) in [6.07, 6.45) is 9.98. The van der Waals surface area contributed by atoms with Gasteiger partial charge in [-0.25, -0.2) is 9.67 Å². The minimum absolute atomic E-state index is 0.615. The third-order valence-corrected chi connectivity index (χ3v) is 2.45. The van der Waals surface area contributed by atoms with E-state index in [0.717, 1.165) is 17.0 Å². The van der Waals surface area contributed by atoms with Gasteiger partial charge in [0.2, 0.25) is 5.95 Å². The van der Waals surface area contributed by atoms with Crippen molar-refractivity contribution in [2.45, 2.75) is 6.92 Å². The van der Waals surface area contributed by atoms with Gasteiger partial charge in [0.15, 0.2) is 0 Å². The Balaban J connectivity index is 2.18. The van der Waals surface area contributed by atoms with Crippen molar-refractivity contribution in [3.63, 3.8) is 0 Å². The van der Waals surface area contributed by atoms with Crippen molar-refractivity contribution < 1.29 is 0 Å². The van der Waals surface area contributed by atoms with E-state index in [0.29, 0.717) is 5.95 Å². The molecule has 1 aromatic rings. The Morgan fingerprint density at radius 3 is 2.78 bits per heavy atom. The molecule has 0 bridgehead atoms. The Hall–Kier alpha value is -2.17. The molecule has 0 atom stereocenters. The van der Waals surface area contributed by atoms with Gasteiger partial charge in [-0.3, -0.25) is 0 Å². The first-order valence-corrected chi connectivity index (χ1v) is 5.75. The Kier molecular flexibility index (Phi) is 3.41. The van der Waals surface area contributed by atoms with E-state index in [1.807, 2.05) is 51.3 Å². The molecular weight excluding hydrogens is 226 g/mol. The molecule has 0 saturated heterocycles. The predicted octanol–water partition coefficient (Wildman–Crippen LogP) is 1.77. The fourth-order valence-electron chi connectivity index (χ4n) is 1.70. The molecule has 1 aromatic heterocycles. The molecule has 0 unspecified atom stereocenters. The highest BCUT2D eigenvalue weighted by Crippen LogP contribution is 2.18. The summed E-state index contributed by atoms with van der Waals surface area (Å²) >= 11 is 0. The zero-order chi connectivity index (χ0) is 13.1. The van der Waals surface area contributed by atoms with Gasteiger partial charge in [0.1, 0.15) is 5.82 Å². The van der Waals surface area contributed by atoms with Crippen LogP contribution in [-0.2, 0) is 7.05 Å². The van der Waals surface area contributed by atoms with Crippen LogP contribution in [0.5, 0.6) is 0 Å². The molecule has 5 heteroatoms. The number of aliphatic imine (C=N–C) groups is 1. The SMILES string of the molecule is Cc1nc(/N=C/C2=CC=C/C2=C/N(C)C)n(C)n1. The molecule has 0 aromatic carbocycles. The first kappa shape index (κ1) is 12.3.